The summed E-state index contributed by atoms with van der Waals surface area (Å²) in [6, 6.07) is 3.34. The summed E-state index contributed by atoms with van der Waals surface area (Å²) in [5.41, 5.74) is 1.87. The number of nitrogens with zero attached hydrogens (tertiary/aromatic N) is 2. The van der Waals surface area contributed by atoms with Gasteiger partial charge in [0.05, 0.1) is 16.5 Å². The molecule has 4 rings (SSSR count). The van der Waals surface area contributed by atoms with Crippen molar-refractivity contribution in [3.63, 3.8) is 0 Å². The maximum absolute atomic E-state index is 13.8. The molecule has 8 nitrogen and oxygen atoms in total. The summed E-state index contributed by atoms with van der Waals surface area (Å²) in [5.74, 6) is 0.243. The van der Waals surface area contributed by atoms with Gasteiger partial charge in [0.2, 0.25) is 5.78 Å². The standard InChI is InChI=1S/C33H44N2O6/c1-18(2)13-34(14-19(3)4)22-9-25(36)29-24(17-40-27(29)11-22)32(38)31-30-26(37)10-23(12-28(30)41-33(31)39)35(15-20(5)6)16-21(7)8/h9-12,18-21,37,39H,13-17H2,1-8H3. The highest BCUT2D eigenvalue weighted by Gasteiger charge is 2.37. The summed E-state index contributed by atoms with van der Waals surface area (Å²) in [6.45, 7) is 20.0. The second kappa shape index (κ2) is 12.0. The van der Waals surface area contributed by atoms with Crippen LogP contribution in [0.1, 0.15) is 65.7 Å². The minimum absolute atomic E-state index is 0.108. The highest BCUT2D eigenvalue weighted by Crippen LogP contribution is 2.43. The van der Waals surface area contributed by atoms with Crippen LogP contribution in [0.2, 0.25) is 0 Å². The zero-order chi connectivity index (χ0) is 30.2. The average molecular weight is 565 g/mol. The summed E-state index contributed by atoms with van der Waals surface area (Å²) in [6.07, 6.45) is 3.37. The van der Waals surface area contributed by atoms with Crippen molar-refractivity contribution in [2.75, 3.05) is 37.7 Å². The molecule has 8 heteroatoms. The van der Waals surface area contributed by atoms with Gasteiger partial charge in [-0.05, 0) is 23.7 Å². The number of aromatic hydroxyl groups is 2. The van der Waals surface area contributed by atoms with E-state index < -0.39 is 11.7 Å². The normalized spacial score (nSPS) is 15.3. The first kappa shape index (κ1) is 30.3. The van der Waals surface area contributed by atoms with E-state index in [0.717, 1.165) is 37.6 Å². The Morgan fingerprint density at radius 2 is 1.41 bits per heavy atom. The lowest BCUT2D eigenvalue weighted by Crippen LogP contribution is -2.32. The number of ketones is 2. The number of Topliss-reactive ketones (excluding diaryl/α,β-unsaturated/α-hetero) is 1. The number of benzene rings is 1. The average Bonchev–Trinajstić information content (AvgIpc) is 3.43. The smallest absolute Gasteiger partial charge is 0.294 e. The monoisotopic (exact) mass is 564 g/mol. The topological polar surface area (TPSA) is 103 Å². The van der Waals surface area contributed by atoms with Crippen LogP contribution in [0.25, 0.3) is 11.0 Å². The Labute approximate surface area is 242 Å². The van der Waals surface area contributed by atoms with Crippen molar-refractivity contribution >= 4 is 28.2 Å². The molecule has 1 aliphatic carbocycles. The van der Waals surface area contributed by atoms with Gasteiger partial charge in [0, 0.05) is 61.8 Å². The first-order valence-electron chi connectivity index (χ1n) is 14.6. The lowest BCUT2D eigenvalue weighted by Gasteiger charge is -2.30. The largest absolute Gasteiger partial charge is 0.507 e. The molecule has 1 aromatic heterocycles. The Bertz CT molecular complexity index is 1400. The van der Waals surface area contributed by atoms with Gasteiger partial charge in [-0.25, -0.2) is 0 Å². The number of rotatable bonds is 12. The van der Waals surface area contributed by atoms with Gasteiger partial charge in [0.25, 0.3) is 5.95 Å². The number of phenolic OH excluding ortho intramolecular Hbond substituents is 1. The van der Waals surface area contributed by atoms with E-state index in [1.807, 2.05) is 6.08 Å². The van der Waals surface area contributed by atoms with Crippen molar-refractivity contribution in [3.8, 4) is 11.7 Å². The number of fused-ring (bicyclic) bond motifs is 2. The molecule has 0 saturated heterocycles. The number of hydrogen-bond donors (Lipinski definition) is 2. The van der Waals surface area contributed by atoms with Gasteiger partial charge in [-0.1, -0.05) is 55.4 Å². The SMILES string of the molecule is CC(C)CN(CC(C)C)C1=CC(=O)C2=C(C(=O)c3c(O)oc4cc(N(CC(C)C)CC(C)C)cc(O)c34)COC2=C1. The minimum Gasteiger partial charge on any atom is -0.507 e. The Kier molecular flexibility index (Phi) is 8.90. The summed E-state index contributed by atoms with van der Waals surface area (Å²) in [5, 5.41) is 22.0. The molecule has 0 amide bonds. The van der Waals surface area contributed by atoms with E-state index in [-0.39, 0.29) is 45.8 Å². The van der Waals surface area contributed by atoms with Gasteiger partial charge in [0.15, 0.2) is 5.78 Å². The van der Waals surface area contributed by atoms with Crippen LogP contribution in [0, 0.1) is 23.7 Å². The molecule has 0 atom stereocenters. The van der Waals surface area contributed by atoms with E-state index in [1.165, 1.54) is 0 Å². The van der Waals surface area contributed by atoms with Crippen molar-refractivity contribution in [2.24, 2.45) is 23.7 Å². The number of carbonyl (C=O) groups is 2. The molecule has 0 unspecified atom stereocenters. The van der Waals surface area contributed by atoms with Crippen LogP contribution in [0.3, 0.4) is 0 Å². The van der Waals surface area contributed by atoms with Crippen molar-refractivity contribution in [3.05, 3.63) is 52.5 Å². The van der Waals surface area contributed by atoms with Crippen molar-refractivity contribution in [1.82, 2.24) is 4.90 Å². The lowest BCUT2D eigenvalue weighted by molar-refractivity contribution is -0.111. The van der Waals surface area contributed by atoms with Crippen molar-refractivity contribution in [2.45, 2.75) is 55.4 Å². The predicted octanol–water partition coefficient (Wildman–Crippen LogP) is 6.44. The molecule has 2 heterocycles. The fraction of sp³-hybridized carbons (Fsp3) is 0.515. The van der Waals surface area contributed by atoms with E-state index in [2.05, 4.69) is 65.2 Å². The second-order valence-corrected chi connectivity index (χ2v) is 12.9. The van der Waals surface area contributed by atoms with E-state index >= 15 is 0 Å². The van der Waals surface area contributed by atoms with Gasteiger partial charge < -0.3 is 29.2 Å². The molecule has 222 valence electrons. The Morgan fingerprint density at radius 3 is 1.98 bits per heavy atom. The van der Waals surface area contributed by atoms with Crippen LogP contribution >= 0.6 is 0 Å². The molecule has 1 aromatic carbocycles. The third kappa shape index (κ3) is 6.47. The Hall–Kier alpha value is -3.68. The molecule has 2 aliphatic rings. The van der Waals surface area contributed by atoms with Crippen LogP contribution < -0.4 is 4.90 Å². The van der Waals surface area contributed by atoms with Crippen LogP contribution in [-0.2, 0) is 9.53 Å². The molecule has 2 N–H and O–H groups in total. The Balaban J connectivity index is 1.71. The molecule has 0 fully saturated rings. The number of ether oxygens (including phenoxy) is 1. The zero-order valence-corrected chi connectivity index (χ0v) is 25.6. The first-order valence-corrected chi connectivity index (χ1v) is 14.6. The zero-order valence-electron chi connectivity index (χ0n) is 25.6. The maximum Gasteiger partial charge on any atom is 0.294 e. The van der Waals surface area contributed by atoms with Crippen LogP contribution in [0.4, 0.5) is 5.69 Å². The van der Waals surface area contributed by atoms with E-state index in [1.54, 1.807) is 18.2 Å². The van der Waals surface area contributed by atoms with Gasteiger partial charge in [-0.2, -0.15) is 0 Å². The molecule has 0 bridgehead atoms. The number of phenols is 1. The minimum atomic E-state index is -0.602. The van der Waals surface area contributed by atoms with Gasteiger partial charge in [-0.15, -0.1) is 0 Å². The molecule has 0 saturated carbocycles. The molecule has 0 spiro atoms. The van der Waals surface area contributed by atoms with Crippen LogP contribution in [0.15, 0.2) is 51.3 Å². The fourth-order valence-electron chi connectivity index (χ4n) is 5.63. The predicted molar refractivity (Wildman–Crippen MR) is 161 cm³/mol. The van der Waals surface area contributed by atoms with E-state index in [0.29, 0.717) is 29.4 Å². The van der Waals surface area contributed by atoms with Gasteiger partial charge in [0.1, 0.15) is 29.3 Å². The molecular weight excluding hydrogens is 520 g/mol. The number of anilines is 1. The quantitative estimate of drug-likeness (QED) is 0.284. The fourth-order valence-corrected chi connectivity index (χ4v) is 5.63. The third-order valence-corrected chi connectivity index (χ3v) is 7.03. The number of furan rings is 1. The third-order valence-electron chi connectivity index (χ3n) is 7.03. The summed E-state index contributed by atoms with van der Waals surface area (Å²) < 4.78 is 11.5. The van der Waals surface area contributed by atoms with Crippen LogP contribution in [0.5, 0.6) is 11.7 Å². The van der Waals surface area contributed by atoms with Crippen molar-refractivity contribution < 1.29 is 29.0 Å². The number of carbonyl (C=O) groups excluding carboxylic acids is 2. The molecule has 1 aliphatic heterocycles. The maximum atomic E-state index is 13.8. The summed E-state index contributed by atoms with van der Waals surface area (Å²) in [4.78, 5) is 31.5. The number of allylic oxidation sites excluding steroid dienone is 3. The second-order valence-electron chi connectivity index (χ2n) is 12.9. The highest BCUT2D eigenvalue weighted by atomic mass is 16.5. The first-order chi connectivity index (χ1) is 19.3. The molecular formula is C33H44N2O6. The van der Waals surface area contributed by atoms with E-state index in [9.17, 15) is 19.8 Å². The Morgan fingerprint density at radius 1 is 0.854 bits per heavy atom. The number of hydrogen-bond acceptors (Lipinski definition) is 8. The molecule has 0 radical (unpaired) electrons. The van der Waals surface area contributed by atoms with Gasteiger partial charge >= 0.3 is 0 Å². The molecule has 2 aromatic rings. The van der Waals surface area contributed by atoms with Crippen LogP contribution in [-0.4, -0.2) is 59.5 Å². The summed E-state index contributed by atoms with van der Waals surface area (Å²) >= 11 is 0. The lowest BCUT2D eigenvalue weighted by atomic mass is 9.93. The highest BCUT2D eigenvalue weighted by molar-refractivity contribution is 6.24. The van der Waals surface area contributed by atoms with Gasteiger partial charge in [-0.3, -0.25) is 9.59 Å². The summed E-state index contributed by atoms with van der Waals surface area (Å²) in [7, 11) is 0. The van der Waals surface area contributed by atoms with Crippen molar-refractivity contribution in [1.29, 1.82) is 0 Å². The van der Waals surface area contributed by atoms with E-state index in [4.69, 9.17) is 9.15 Å². The molecule has 41 heavy (non-hydrogen) atoms.